The molecule has 15 heteroatoms. The van der Waals surface area contributed by atoms with Gasteiger partial charge in [-0.05, 0) is 49.5 Å². The summed E-state index contributed by atoms with van der Waals surface area (Å²) in [7, 11) is 0. The topological polar surface area (TPSA) is 151 Å². The van der Waals surface area contributed by atoms with E-state index in [1.54, 1.807) is 10.9 Å². The van der Waals surface area contributed by atoms with Gasteiger partial charge >= 0.3 is 12.1 Å². The molecule has 1 saturated carbocycles. The van der Waals surface area contributed by atoms with Crippen molar-refractivity contribution in [2.24, 2.45) is 5.92 Å². The number of nitrogens with zero attached hydrogens (tertiary/aromatic N) is 6. The number of aliphatic carboxylic acids is 1. The van der Waals surface area contributed by atoms with Gasteiger partial charge in [0.15, 0.2) is 17.3 Å². The van der Waals surface area contributed by atoms with Crippen LogP contribution in [0.3, 0.4) is 0 Å². The van der Waals surface area contributed by atoms with Crippen molar-refractivity contribution in [1.29, 1.82) is 0 Å². The van der Waals surface area contributed by atoms with Gasteiger partial charge in [0.05, 0.1) is 49.2 Å². The number of aromatic nitrogens is 3. The number of rotatable bonds is 8. The summed E-state index contributed by atoms with van der Waals surface area (Å²) in [6, 6.07) is 3.52. The Labute approximate surface area is 267 Å². The van der Waals surface area contributed by atoms with E-state index in [0.717, 1.165) is 18.4 Å². The first-order valence-corrected chi connectivity index (χ1v) is 15.7. The lowest BCUT2D eigenvalue weighted by molar-refractivity contribution is -0.136. The Bertz CT molecular complexity index is 1760. The van der Waals surface area contributed by atoms with Crippen LogP contribution in [0.15, 0.2) is 65.5 Å². The van der Waals surface area contributed by atoms with Crippen LogP contribution in [0.25, 0.3) is 0 Å². The summed E-state index contributed by atoms with van der Waals surface area (Å²) in [5, 5.41) is 28.8. The zero-order valence-corrected chi connectivity index (χ0v) is 25.2. The number of anilines is 1. The number of allylic oxidation sites excluding steroid dienone is 1. The van der Waals surface area contributed by atoms with Crippen molar-refractivity contribution in [2.75, 3.05) is 24.6 Å². The summed E-state index contributed by atoms with van der Waals surface area (Å²) in [6.07, 6.45) is 7.83. The van der Waals surface area contributed by atoms with E-state index in [-0.39, 0.29) is 49.5 Å². The third kappa shape index (κ3) is 5.12. The van der Waals surface area contributed by atoms with Crippen LogP contribution in [0.2, 0.25) is 0 Å². The van der Waals surface area contributed by atoms with Gasteiger partial charge in [-0.25, -0.2) is 23.1 Å². The first-order valence-electron chi connectivity index (χ1n) is 15.7. The first-order chi connectivity index (χ1) is 22.6. The highest BCUT2D eigenvalue weighted by atomic mass is 19.1. The fourth-order valence-corrected chi connectivity index (χ4v) is 7.71. The van der Waals surface area contributed by atoms with Gasteiger partial charge in [0.25, 0.3) is 0 Å². The number of hydrogen-bond donors (Lipinski definition) is 2. The average molecular weight is 651 g/mol. The lowest BCUT2D eigenvalue weighted by atomic mass is 9.75. The molecule has 5 heterocycles. The van der Waals surface area contributed by atoms with Crippen molar-refractivity contribution in [3.63, 3.8) is 0 Å². The van der Waals surface area contributed by atoms with Crippen LogP contribution in [-0.4, -0.2) is 102 Å². The smallest absolute Gasteiger partial charge is 0.414 e. The van der Waals surface area contributed by atoms with Gasteiger partial charge < -0.3 is 29.5 Å². The van der Waals surface area contributed by atoms with Gasteiger partial charge in [0.2, 0.25) is 0 Å². The maximum absolute atomic E-state index is 15.9. The van der Waals surface area contributed by atoms with Crippen molar-refractivity contribution in [3.05, 3.63) is 71.4 Å². The number of carbonyl (C=O) groups is 3. The molecule has 6 aliphatic rings. The van der Waals surface area contributed by atoms with Crippen LogP contribution in [0.5, 0.6) is 5.75 Å². The Kier molecular flexibility index (Phi) is 6.86. The Morgan fingerprint density at radius 2 is 2.00 bits per heavy atom. The van der Waals surface area contributed by atoms with E-state index in [0.29, 0.717) is 30.8 Å². The van der Waals surface area contributed by atoms with E-state index in [4.69, 9.17) is 9.47 Å². The van der Waals surface area contributed by atoms with Gasteiger partial charge in [-0.2, -0.15) is 0 Å². The quantitative estimate of drug-likeness (QED) is 0.406. The molecule has 0 spiro atoms. The number of cyclic esters (lactones) is 1. The standard InChI is InChI=1S/C32H32F2N6O7/c33-24-9-18(39-13-20(47-31(39)44)12-37-8-7-35-36-37)4-6-26(24)46-16-32(45)11-19-3-5-21-27-22(10-25(34)28(21)40(19)15-32)29(41)23(30(42)43)14-38(27)17-1-2-17/h4,6-10,14,17,19-20,22,27,45H,1-3,5,11-13,15-16H2,(H,42,43)/t19-,20+,22?,27?,32+/m1/s1. The van der Waals surface area contributed by atoms with Crippen molar-refractivity contribution in [2.45, 2.75) is 68.5 Å². The van der Waals surface area contributed by atoms with E-state index in [2.05, 4.69) is 10.3 Å². The fourth-order valence-electron chi connectivity index (χ4n) is 7.71. The largest absolute Gasteiger partial charge is 0.487 e. The molecular formula is C32H32F2N6O7. The third-order valence-corrected chi connectivity index (χ3v) is 9.94. The first kappa shape index (κ1) is 29.6. The molecule has 0 radical (unpaired) electrons. The van der Waals surface area contributed by atoms with Crippen LogP contribution in [0, 0.1) is 11.7 Å². The highest BCUT2D eigenvalue weighted by molar-refractivity contribution is 6.18. The van der Waals surface area contributed by atoms with Gasteiger partial charge in [-0.15, -0.1) is 5.10 Å². The molecule has 2 saturated heterocycles. The van der Waals surface area contributed by atoms with Gasteiger partial charge in [0, 0.05) is 37.0 Å². The number of carboxylic acid groups (broad SMARTS) is 1. The molecule has 8 rings (SSSR count). The van der Waals surface area contributed by atoms with E-state index >= 15 is 8.78 Å². The molecule has 1 aromatic heterocycles. The summed E-state index contributed by atoms with van der Waals surface area (Å²) in [6.45, 7) is 0.291. The van der Waals surface area contributed by atoms with Crippen LogP contribution < -0.4 is 9.64 Å². The van der Waals surface area contributed by atoms with E-state index in [9.17, 15) is 24.6 Å². The summed E-state index contributed by atoms with van der Waals surface area (Å²) in [5.41, 5.74) is -0.373. The Morgan fingerprint density at radius 1 is 1.17 bits per heavy atom. The molecule has 47 heavy (non-hydrogen) atoms. The fraction of sp³-hybridized carbons (Fsp3) is 0.469. The van der Waals surface area contributed by atoms with E-state index < -0.39 is 53.2 Å². The second-order valence-electron chi connectivity index (χ2n) is 13.1. The number of aliphatic hydroxyl groups is 1. The molecule has 3 fully saturated rings. The predicted molar refractivity (Wildman–Crippen MR) is 158 cm³/mol. The van der Waals surface area contributed by atoms with Crippen LogP contribution in [-0.2, 0) is 20.9 Å². The summed E-state index contributed by atoms with van der Waals surface area (Å²) < 4.78 is 43.8. The summed E-state index contributed by atoms with van der Waals surface area (Å²) in [4.78, 5) is 42.5. The molecule has 2 unspecified atom stereocenters. The van der Waals surface area contributed by atoms with Crippen molar-refractivity contribution in [1.82, 2.24) is 24.8 Å². The van der Waals surface area contributed by atoms with Crippen LogP contribution in [0.1, 0.15) is 32.1 Å². The minimum atomic E-state index is -1.42. The second kappa shape index (κ2) is 10.9. The van der Waals surface area contributed by atoms with E-state index in [1.165, 1.54) is 41.6 Å². The molecule has 2 aromatic rings. The number of Topliss-reactive ketones (excluding diaryl/α,β-unsaturated/α-hetero) is 1. The molecule has 2 aliphatic carbocycles. The number of carbonyl (C=O) groups excluding carboxylic acids is 2. The monoisotopic (exact) mass is 650 g/mol. The number of hydrogen-bond acceptors (Lipinski definition) is 10. The molecule has 2 N–H and O–H groups in total. The van der Waals surface area contributed by atoms with Gasteiger partial charge in [-0.3, -0.25) is 9.69 Å². The number of ketones is 1. The highest BCUT2D eigenvalue weighted by Gasteiger charge is 2.53. The predicted octanol–water partition coefficient (Wildman–Crippen LogP) is 2.54. The molecule has 1 aromatic carbocycles. The molecule has 4 aliphatic heterocycles. The van der Waals surface area contributed by atoms with Crippen molar-refractivity contribution >= 4 is 23.5 Å². The normalized spacial score (nSPS) is 30.1. The molecule has 246 valence electrons. The second-order valence-corrected chi connectivity index (χ2v) is 13.1. The zero-order chi connectivity index (χ0) is 32.6. The number of halogens is 2. The zero-order valence-electron chi connectivity index (χ0n) is 25.2. The van der Waals surface area contributed by atoms with Gasteiger partial charge in [0.1, 0.15) is 29.7 Å². The lowest BCUT2D eigenvalue weighted by Gasteiger charge is -2.47. The number of carboxylic acids is 1. The van der Waals surface area contributed by atoms with Gasteiger partial charge in [-0.1, -0.05) is 5.21 Å². The molecule has 0 bridgehead atoms. The SMILES string of the molecule is O=C(O)C1=CN(C2CC2)C2C3=C(C(F)=CC2C1=O)N1C[C@](O)(COc2ccc(N4C[C@H](Cn5ccnn5)OC4=O)cc2F)C[C@H]1CC3. The third-order valence-electron chi connectivity index (χ3n) is 9.94. The Morgan fingerprint density at radius 3 is 2.72 bits per heavy atom. The number of amides is 1. The minimum Gasteiger partial charge on any atom is -0.487 e. The number of ether oxygens (including phenoxy) is 2. The van der Waals surface area contributed by atoms with Crippen LogP contribution in [0.4, 0.5) is 19.3 Å². The molecule has 13 nitrogen and oxygen atoms in total. The lowest BCUT2D eigenvalue weighted by Crippen LogP contribution is -2.52. The van der Waals surface area contributed by atoms with Crippen molar-refractivity contribution < 1.29 is 42.9 Å². The highest BCUT2D eigenvalue weighted by Crippen LogP contribution is 2.50. The average Bonchev–Trinajstić information content (AvgIpc) is 3.45. The van der Waals surface area contributed by atoms with E-state index in [1.807, 2.05) is 9.80 Å². The molecule has 1 amide bonds. The Hall–Kier alpha value is -4.79. The molecule has 5 atom stereocenters. The van der Waals surface area contributed by atoms with Crippen molar-refractivity contribution in [3.8, 4) is 5.75 Å². The van der Waals surface area contributed by atoms with Crippen LogP contribution >= 0.6 is 0 Å². The summed E-state index contributed by atoms with van der Waals surface area (Å²) >= 11 is 0. The number of fused-ring (bicyclic) bond motifs is 4. The molecular weight excluding hydrogens is 618 g/mol. The minimum absolute atomic E-state index is 0.0369. The summed E-state index contributed by atoms with van der Waals surface area (Å²) in [5.74, 6) is -4.28. The maximum atomic E-state index is 15.9. The maximum Gasteiger partial charge on any atom is 0.414 e. The number of benzene rings is 1. The Balaban J connectivity index is 0.967.